The molecule has 0 atom stereocenters. The molecule has 0 saturated heterocycles. The third kappa shape index (κ3) is 2.05. The van der Waals surface area contributed by atoms with E-state index in [0.29, 0.717) is 6.54 Å². The van der Waals surface area contributed by atoms with Crippen LogP contribution < -0.4 is 5.73 Å². The lowest BCUT2D eigenvalue weighted by Gasteiger charge is -2.05. The van der Waals surface area contributed by atoms with E-state index in [1.807, 2.05) is 16.8 Å². The first-order chi connectivity index (χ1) is 7.31. The van der Waals surface area contributed by atoms with Crippen LogP contribution in [0.5, 0.6) is 0 Å². The van der Waals surface area contributed by atoms with Gasteiger partial charge in [-0.05, 0) is 31.2 Å². The maximum atomic E-state index is 5.53. The van der Waals surface area contributed by atoms with Gasteiger partial charge in [-0.25, -0.2) is 4.68 Å². The van der Waals surface area contributed by atoms with Crippen molar-refractivity contribution in [3.05, 3.63) is 41.7 Å². The van der Waals surface area contributed by atoms with Crippen LogP contribution in [0, 0.1) is 6.92 Å². The van der Waals surface area contributed by atoms with Crippen LogP contribution in [0.2, 0.25) is 0 Å². The van der Waals surface area contributed by atoms with Crippen molar-refractivity contribution < 1.29 is 0 Å². The van der Waals surface area contributed by atoms with Gasteiger partial charge in [-0.3, -0.25) is 0 Å². The number of rotatable bonds is 3. The Labute approximate surface area is 88.7 Å². The summed E-state index contributed by atoms with van der Waals surface area (Å²) in [6, 6.07) is 8.16. The summed E-state index contributed by atoms with van der Waals surface area (Å²) in [5.41, 5.74) is 8.82. The Balaban J connectivity index is 2.40. The van der Waals surface area contributed by atoms with Crippen molar-refractivity contribution in [2.24, 2.45) is 5.73 Å². The number of aromatic nitrogens is 3. The quantitative estimate of drug-likeness (QED) is 0.810. The molecule has 0 amide bonds. The fraction of sp³-hybridized carbons (Fsp3) is 0.273. The van der Waals surface area contributed by atoms with E-state index in [2.05, 4.69) is 29.4 Å². The van der Waals surface area contributed by atoms with E-state index in [1.165, 1.54) is 5.56 Å². The lowest BCUT2D eigenvalue weighted by atomic mass is 10.2. The SMILES string of the molecule is Cc1cccc(-n2nncc2CCN)c1. The predicted molar refractivity (Wildman–Crippen MR) is 58.9 cm³/mol. The van der Waals surface area contributed by atoms with Crippen molar-refractivity contribution in [3.63, 3.8) is 0 Å². The molecule has 78 valence electrons. The van der Waals surface area contributed by atoms with E-state index in [0.717, 1.165) is 17.8 Å². The molecule has 2 rings (SSSR count). The molecule has 0 aliphatic rings. The van der Waals surface area contributed by atoms with Gasteiger partial charge in [0.15, 0.2) is 0 Å². The summed E-state index contributed by atoms with van der Waals surface area (Å²) >= 11 is 0. The maximum Gasteiger partial charge on any atom is 0.0730 e. The largest absolute Gasteiger partial charge is 0.330 e. The molecular weight excluding hydrogens is 188 g/mol. The summed E-state index contributed by atoms with van der Waals surface area (Å²) in [6.45, 7) is 2.67. The minimum Gasteiger partial charge on any atom is -0.330 e. The zero-order valence-electron chi connectivity index (χ0n) is 8.72. The van der Waals surface area contributed by atoms with E-state index in [-0.39, 0.29) is 0 Å². The molecule has 4 heteroatoms. The lowest BCUT2D eigenvalue weighted by molar-refractivity contribution is 0.754. The van der Waals surface area contributed by atoms with Crippen molar-refractivity contribution in [2.75, 3.05) is 6.54 Å². The fourth-order valence-corrected chi connectivity index (χ4v) is 1.55. The first-order valence-corrected chi connectivity index (χ1v) is 4.98. The van der Waals surface area contributed by atoms with Crippen molar-refractivity contribution in [3.8, 4) is 5.69 Å². The standard InChI is InChI=1S/C11H14N4/c1-9-3-2-4-10(7-9)15-11(5-6-12)8-13-14-15/h2-4,7-8H,5-6,12H2,1H3. The van der Waals surface area contributed by atoms with Crippen molar-refractivity contribution >= 4 is 0 Å². The average molecular weight is 202 g/mol. The van der Waals surface area contributed by atoms with Crippen LogP contribution in [0.4, 0.5) is 0 Å². The molecule has 2 aromatic rings. The summed E-state index contributed by atoms with van der Waals surface area (Å²) in [5, 5.41) is 7.96. The number of nitrogens with zero attached hydrogens (tertiary/aromatic N) is 3. The van der Waals surface area contributed by atoms with Gasteiger partial charge in [0.2, 0.25) is 0 Å². The molecule has 0 saturated carbocycles. The van der Waals surface area contributed by atoms with Crippen molar-refractivity contribution in [1.82, 2.24) is 15.0 Å². The Morgan fingerprint density at radius 2 is 2.27 bits per heavy atom. The smallest absolute Gasteiger partial charge is 0.0730 e. The van der Waals surface area contributed by atoms with Gasteiger partial charge >= 0.3 is 0 Å². The maximum absolute atomic E-state index is 5.53. The van der Waals surface area contributed by atoms with Crippen molar-refractivity contribution in [2.45, 2.75) is 13.3 Å². The van der Waals surface area contributed by atoms with Gasteiger partial charge in [0.1, 0.15) is 0 Å². The normalized spacial score (nSPS) is 10.5. The van der Waals surface area contributed by atoms with Gasteiger partial charge in [0.05, 0.1) is 17.6 Å². The molecule has 2 N–H and O–H groups in total. The first-order valence-electron chi connectivity index (χ1n) is 4.98. The minimum absolute atomic E-state index is 0.610. The topological polar surface area (TPSA) is 56.7 Å². The van der Waals surface area contributed by atoms with E-state index in [9.17, 15) is 0 Å². The lowest BCUT2D eigenvalue weighted by Crippen LogP contribution is -2.08. The highest BCUT2D eigenvalue weighted by atomic mass is 15.4. The molecule has 0 spiro atoms. The highest BCUT2D eigenvalue weighted by Crippen LogP contribution is 2.11. The monoisotopic (exact) mass is 202 g/mol. The molecule has 1 aromatic heterocycles. The first kappa shape index (κ1) is 9.86. The number of benzene rings is 1. The fourth-order valence-electron chi connectivity index (χ4n) is 1.55. The van der Waals surface area contributed by atoms with Gasteiger partial charge in [-0.15, -0.1) is 5.10 Å². The van der Waals surface area contributed by atoms with Gasteiger partial charge in [0, 0.05) is 6.42 Å². The predicted octanol–water partition coefficient (Wildman–Crippen LogP) is 1.08. The van der Waals surface area contributed by atoms with Crippen LogP contribution in [-0.2, 0) is 6.42 Å². The number of nitrogens with two attached hydrogens (primary N) is 1. The molecule has 15 heavy (non-hydrogen) atoms. The minimum atomic E-state index is 0.610. The van der Waals surface area contributed by atoms with Crippen LogP contribution in [-0.4, -0.2) is 21.5 Å². The summed E-state index contributed by atoms with van der Waals surface area (Å²) in [6.07, 6.45) is 2.55. The van der Waals surface area contributed by atoms with E-state index >= 15 is 0 Å². The Hall–Kier alpha value is -1.68. The molecule has 0 aliphatic heterocycles. The van der Waals surface area contributed by atoms with Crippen molar-refractivity contribution in [1.29, 1.82) is 0 Å². The van der Waals surface area contributed by atoms with Crippen LogP contribution >= 0.6 is 0 Å². The number of aryl methyl sites for hydroxylation is 1. The third-order valence-corrected chi connectivity index (χ3v) is 2.27. The Morgan fingerprint density at radius 1 is 1.40 bits per heavy atom. The average Bonchev–Trinajstić information content (AvgIpc) is 2.66. The summed E-state index contributed by atoms with van der Waals surface area (Å²) in [5.74, 6) is 0. The second kappa shape index (κ2) is 4.23. The van der Waals surface area contributed by atoms with Crippen LogP contribution in [0.3, 0.4) is 0 Å². The molecule has 1 aromatic carbocycles. The Bertz CT molecular complexity index is 447. The highest BCUT2D eigenvalue weighted by Gasteiger charge is 2.04. The van der Waals surface area contributed by atoms with E-state index in [1.54, 1.807) is 6.20 Å². The zero-order chi connectivity index (χ0) is 10.7. The van der Waals surface area contributed by atoms with Crippen LogP contribution in [0.25, 0.3) is 5.69 Å². The van der Waals surface area contributed by atoms with Gasteiger partial charge in [-0.2, -0.15) is 0 Å². The number of hydrogen-bond acceptors (Lipinski definition) is 3. The molecule has 0 radical (unpaired) electrons. The molecule has 1 heterocycles. The summed E-state index contributed by atoms with van der Waals surface area (Å²) < 4.78 is 1.83. The number of hydrogen-bond donors (Lipinski definition) is 1. The van der Waals surface area contributed by atoms with Gasteiger partial charge < -0.3 is 5.73 Å². The van der Waals surface area contributed by atoms with Gasteiger partial charge in [-0.1, -0.05) is 17.3 Å². The molecule has 0 fully saturated rings. The Kier molecular flexibility index (Phi) is 2.78. The zero-order valence-corrected chi connectivity index (χ0v) is 8.72. The molecular formula is C11H14N4. The van der Waals surface area contributed by atoms with Gasteiger partial charge in [0.25, 0.3) is 0 Å². The Morgan fingerprint density at radius 3 is 3.00 bits per heavy atom. The highest BCUT2D eigenvalue weighted by molar-refractivity contribution is 5.35. The van der Waals surface area contributed by atoms with E-state index in [4.69, 9.17) is 5.73 Å². The molecule has 0 bridgehead atoms. The summed E-state index contributed by atoms with van der Waals surface area (Å²) in [7, 11) is 0. The molecule has 0 unspecified atom stereocenters. The molecule has 0 aliphatic carbocycles. The molecule has 4 nitrogen and oxygen atoms in total. The van der Waals surface area contributed by atoms with E-state index < -0.39 is 0 Å². The summed E-state index contributed by atoms with van der Waals surface area (Å²) in [4.78, 5) is 0. The van der Waals surface area contributed by atoms with Crippen LogP contribution in [0.15, 0.2) is 30.5 Å². The van der Waals surface area contributed by atoms with Crippen LogP contribution in [0.1, 0.15) is 11.3 Å². The second-order valence-corrected chi connectivity index (χ2v) is 3.51. The third-order valence-electron chi connectivity index (χ3n) is 2.27. The second-order valence-electron chi connectivity index (χ2n) is 3.51.